The number of piperidine rings is 1. The molecule has 0 aromatic heterocycles. The highest BCUT2D eigenvalue weighted by atomic mass is 16.3. The fourth-order valence-electron chi connectivity index (χ4n) is 2.58. The second kappa shape index (κ2) is 6.58. The van der Waals surface area contributed by atoms with Crippen LogP contribution in [0.5, 0.6) is 0 Å². The Morgan fingerprint density at radius 2 is 2.19 bits per heavy atom. The van der Waals surface area contributed by atoms with E-state index >= 15 is 0 Å². The molecule has 3 heteroatoms. The molecular weight excluding hydrogens is 200 g/mol. The van der Waals surface area contributed by atoms with Crippen LogP contribution in [0.4, 0.5) is 0 Å². The van der Waals surface area contributed by atoms with Gasteiger partial charge in [-0.2, -0.15) is 0 Å². The Labute approximate surface area is 100 Å². The van der Waals surface area contributed by atoms with Crippen molar-refractivity contribution in [3.05, 3.63) is 0 Å². The number of aliphatic hydroxyl groups is 1. The van der Waals surface area contributed by atoms with Crippen LogP contribution in [0.15, 0.2) is 0 Å². The van der Waals surface area contributed by atoms with Crippen molar-refractivity contribution in [2.75, 3.05) is 26.7 Å². The van der Waals surface area contributed by atoms with Crippen molar-refractivity contribution in [3.63, 3.8) is 0 Å². The number of likely N-dealkylation sites (N-methyl/N-ethyl adjacent to an activating group) is 1. The smallest absolute Gasteiger partial charge is 0.0623 e. The third-order valence-corrected chi connectivity index (χ3v) is 3.88. The van der Waals surface area contributed by atoms with Gasteiger partial charge in [0.25, 0.3) is 0 Å². The van der Waals surface area contributed by atoms with Crippen molar-refractivity contribution in [1.29, 1.82) is 0 Å². The van der Waals surface area contributed by atoms with Crippen LogP contribution in [0, 0.1) is 0 Å². The van der Waals surface area contributed by atoms with Crippen LogP contribution in [-0.4, -0.2) is 48.3 Å². The fraction of sp³-hybridized carbons (Fsp3) is 1.00. The predicted molar refractivity (Wildman–Crippen MR) is 68.7 cm³/mol. The number of nitrogens with zero attached hydrogens (tertiary/aromatic N) is 1. The molecule has 96 valence electrons. The molecule has 0 aliphatic carbocycles. The van der Waals surface area contributed by atoms with E-state index in [0.29, 0.717) is 0 Å². The molecule has 0 spiro atoms. The highest BCUT2D eigenvalue weighted by Gasteiger charge is 2.29. The molecule has 1 aliphatic heterocycles. The summed E-state index contributed by atoms with van der Waals surface area (Å²) in [5.74, 6) is 0. The second-order valence-electron chi connectivity index (χ2n) is 5.38. The maximum Gasteiger partial charge on any atom is 0.0623 e. The van der Waals surface area contributed by atoms with Crippen molar-refractivity contribution in [3.8, 4) is 0 Å². The minimum absolute atomic E-state index is 0.149. The monoisotopic (exact) mass is 228 g/mol. The maximum atomic E-state index is 9.44. The first-order valence-corrected chi connectivity index (χ1v) is 6.69. The summed E-state index contributed by atoms with van der Waals surface area (Å²) in [7, 11) is 1.94. The second-order valence-corrected chi connectivity index (χ2v) is 5.38. The van der Waals surface area contributed by atoms with Crippen LogP contribution in [0.1, 0.15) is 46.0 Å². The third-order valence-electron chi connectivity index (χ3n) is 3.88. The van der Waals surface area contributed by atoms with E-state index in [2.05, 4.69) is 24.1 Å². The molecule has 1 fully saturated rings. The molecule has 16 heavy (non-hydrogen) atoms. The molecule has 1 heterocycles. The first-order chi connectivity index (χ1) is 7.65. The van der Waals surface area contributed by atoms with Gasteiger partial charge in [-0.05, 0) is 39.8 Å². The van der Waals surface area contributed by atoms with Crippen LogP contribution in [0.2, 0.25) is 0 Å². The van der Waals surface area contributed by atoms with Gasteiger partial charge in [0.05, 0.1) is 12.1 Å². The lowest BCUT2D eigenvalue weighted by Crippen LogP contribution is -2.55. The molecule has 2 N–H and O–H groups in total. The minimum atomic E-state index is -0.149. The summed E-state index contributed by atoms with van der Waals surface area (Å²) in [6.45, 7) is 6.73. The maximum absolute atomic E-state index is 9.44. The first-order valence-electron chi connectivity index (χ1n) is 6.69. The van der Waals surface area contributed by atoms with Crippen LogP contribution in [0.3, 0.4) is 0 Å². The minimum Gasteiger partial charge on any atom is -0.394 e. The van der Waals surface area contributed by atoms with E-state index in [1.807, 2.05) is 7.05 Å². The van der Waals surface area contributed by atoms with Crippen LogP contribution < -0.4 is 5.32 Å². The highest BCUT2D eigenvalue weighted by Crippen LogP contribution is 2.22. The largest absolute Gasteiger partial charge is 0.394 e. The van der Waals surface area contributed by atoms with Gasteiger partial charge in [0, 0.05) is 12.6 Å². The van der Waals surface area contributed by atoms with Crippen molar-refractivity contribution in [2.24, 2.45) is 0 Å². The van der Waals surface area contributed by atoms with E-state index in [0.717, 1.165) is 12.6 Å². The molecular formula is C13H28N2O. The standard InChI is InChI=1S/C13H28N2O/c1-4-7-12-8-5-6-9-15(12)10-13(2,11-16)14-3/h12,14,16H,4-11H2,1-3H3. The van der Waals surface area contributed by atoms with Gasteiger partial charge >= 0.3 is 0 Å². The molecule has 1 aliphatic rings. The summed E-state index contributed by atoms with van der Waals surface area (Å²) < 4.78 is 0. The molecule has 0 aromatic carbocycles. The zero-order valence-electron chi connectivity index (χ0n) is 11.1. The van der Waals surface area contributed by atoms with Gasteiger partial charge < -0.3 is 10.4 Å². The quantitative estimate of drug-likeness (QED) is 0.725. The fourth-order valence-corrected chi connectivity index (χ4v) is 2.58. The molecule has 0 bridgehead atoms. The summed E-state index contributed by atoms with van der Waals surface area (Å²) in [5, 5.41) is 12.7. The predicted octanol–water partition coefficient (Wildman–Crippen LogP) is 1.61. The average molecular weight is 228 g/mol. The number of hydrogen-bond donors (Lipinski definition) is 2. The molecule has 2 atom stereocenters. The zero-order valence-corrected chi connectivity index (χ0v) is 11.1. The van der Waals surface area contributed by atoms with Gasteiger partial charge in [0.15, 0.2) is 0 Å². The van der Waals surface area contributed by atoms with E-state index in [4.69, 9.17) is 0 Å². The van der Waals surface area contributed by atoms with Crippen molar-refractivity contribution < 1.29 is 5.11 Å². The summed E-state index contributed by atoms with van der Waals surface area (Å²) in [6.07, 6.45) is 6.57. The molecule has 0 amide bonds. The van der Waals surface area contributed by atoms with Gasteiger partial charge in [-0.25, -0.2) is 0 Å². The van der Waals surface area contributed by atoms with Gasteiger partial charge in [-0.15, -0.1) is 0 Å². The van der Waals surface area contributed by atoms with Crippen molar-refractivity contribution in [2.45, 2.75) is 57.5 Å². The summed E-state index contributed by atoms with van der Waals surface area (Å²) in [6, 6.07) is 0.734. The molecule has 0 saturated carbocycles. The Balaban J connectivity index is 2.54. The molecule has 1 rings (SSSR count). The van der Waals surface area contributed by atoms with E-state index < -0.39 is 0 Å². The van der Waals surface area contributed by atoms with E-state index in [1.54, 1.807) is 0 Å². The Hall–Kier alpha value is -0.120. The molecule has 0 radical (unpaired) electrons. The SMILES string of the molecule is CCCC1CCCCN1CC(C)(CO)NC. The summed E-state index contributed by atoms with van der Waals surface area (Å²) in [4.78, 5) is 2.57. The third kappa shape index (κ3) is 3.72. The normalized spacial score (nSPS) is 26.6. The Morgan fingerprint density at radius 3 is 2.75 bits per heavy atom. The van der Waals surface area contributed by atoms with Crippen LogP contribution in [-0.2, 0) is 0 Å². The summed E-state index contributed by atoms with van der Waals surface area (Å²) in [5.41, 5.74) is -0.149. The molecule has 1 saturated heterocycles. The van der Waals surface area contributed by atoms with E-state index in [1.165, 1.54) is 38.6 Å². The van der Waals surface area contributed by atoms with Gasteiger partial charge in [0.2, 0.25) is 0 Å². The number of aliphatic hydroxyl groups excluding tert-OH is 1. The summed E-state index contributed by atoms with van der Waals surface area (Å²) >= 11 is 0. The number of likely N-dealkylation sites (tertiary alicyclic amines) is 1. The van der Waals surface area contributed by atoms with E-state index in [9.17, 15) is 5.11 Å². The number of nitrogens with one attached hydrogen (secondary N) is 1. The number of hydrogen-bond acceptors (Lipinski definition) is 3. The molecule has 0 aromatic rings. The van der Waals surface area contributed by atoms with Gasteiger partial charge in [-0.1, -0.05) is 19.8 Å². The highest BCUT2D eigenvalue weighted by molar-refractivity contribution is 4.88. The molecule has 2 unspecified atom stereocenters. The Kier molecular flexibility index (Phi) is 5.73. The van der Waals surface area contributed by atoms with E-state index in [-0.39, 0.29) is 12.1 Å². The molecule has 3 nitrogen and oxygen atoms in total. The lowest BCUT2D eigenvalue weighted by atomic mass is 9.94. The first kappa shape index (κ1) is 13.9. The Bertz CT molecular complexity index is 190. The van der Waals surface area contributed by atoms with Crippen molar-refractivity contribution in [1.82, 2.24) is 10.2 Å². The van der Waals surface area contributed by atoms with Crippen LogP contribution in [0.25, 0.3) is 0 Å². The average Bonchev–Trinajstić information content (AvgIpc) is 2.32. The lowest BCUT2D eigenvalue weighted by molar-refractivity contribution is 0.0740. The van der Waals surface area contributed by atoms with Gasteiger partial charge in [-0.3, -0.25) is 4.90 Å². The lowest BCUT2D eigenvalue weighted by Gasteiger charge is -2.41. The Morgan fingerprint density at radius 1 is 1.44 bits per heavy atom. The van der Waals surface area contributed by atoms with Crippen LogP contribution >= 0.6 is 0 Å². The van der Waals surface area contributed by atoms with Crippen molar-refractivity contribution >= 4 is 0 Å². The topological polar surface area (TPSA) is 35.5 Å². The number of rotatable bonds is 6. The zero-order chi connectivity index (χ0) is 12.0. The van der Waals surface area contributed by atoms with Gasteiger partial charge in [0.1, 0.15) is 0 Å².